The third-order valence-electron chi connectivity index (χ3n) is 5.82. The highest BCUT2D eigenvalue weighted by Crippen LogP contribution is 2.41. The second-order valence-electron chi connectivity index (χ2n) is 7.87. The Kier molecular flexibility index (Phi) is 5.23. The van der Waals surface area contributed by atoms with Crippen molar-refractivity contribution in [3.8, 4) is 5.75 Å². The highest BCUT2D eigenvalue weighted by molar-refractivity contribution is 6.08. The number of allylic oxidation sites excluding steroid dienone is 2. The smallest absolute Gasteiger partial charge is 0.261 e. The van der Waals surface area contributed by atoms with Gasteiger partial charge in [0.2, 0.25) is 0 Å². The van der Waals surface area contributed by atoms with Crippen LogP contribution in [-0.2, 0) is 4.79 Å². The average molecular weight is 428 g/mol. The summed E-state index contributed by atoms with van der Waals surface area (Å²) in [5.74, 6) is 1.23. The minimum atomic E-state index is -0.345. The number of nitrogens with one attached hydrogen (secondary N) is 2. The summed E-state index contributed by atoms with van der Waals surface area (Å²) in [6, 6.07) is 16.7. The first-order chi connectivity index (χ1) is 15.7. The van der Waals surface area contributed by atoms with Gasteiger partial charge in [0, 0.05) is 23.4 Å². The fourth-order valence-electron chi connectivity index (χ4n) is 4.37. The zero-order valence-electron chi connectivity index (χ0n) is 17.8. The molecule has 1 atom stereocenters. The van der Waals surface area contributed by atoms with Crippen LogP contribution in [0.1, 0.15) is 48.1 Å². The van der Waals surface area contributed by atoms with Gasteiger partial charge in [0.1, 0.15) is 23.2 Å². The molecule has 0 radical (unpaired) electrons. The molecule has 0 spiro atoms. The van der Waals surface area contributed by atoms with Gasteiger partial charge in [-0.2, -0.15) is 5.10 Å². The molecule has 2 N–H and O–H groups in total. The van der Waals surface area contributed by atoms with Crippen LogP contribution in [0.3, 0.4) is 0 Å². The second kappa shape index (κ2) is 8.34. The summed E-state index contributed by atoms with van der Waals surface area (Å²) in [7, 11) is 0. The summed E-state index contributed by atoms with van der Waals surface area (Å²) in [6.07, 6.45) is 3.67. The predicted molar refractivity (Wildman–Crippen MR) is 122 cm³/mol. The topological polar surface area (TPSA) is 85.2 Å². The first-order valence-corrected chi connectivity index (χ1v) is 10.9. The maximum atomic E-state index is 13.1. The molecule has 0 saturated heterocycles. The molecular formula is C25H24N4O3. The summed E-state index contributed by atoms with van der Waals surface area (Å²) in [5.41, 5.74) is 3.71. The average Bonchev–Trinajstić information content (AvgIpc) is 3.24. The molecule has 0 fully saturated rings. The van der Waals surface area contributed by atoms with Crippen LogP contribution in [0, 0.1) is 0 Å². The maximum Gasteiger partial charge on any atom is 0.261 e. The fraction of sp³-hybridized carbons (Fsp3) is 0.240. The summed E-state index contributed by atoms with van der Waals surface area (Å²) in [4.78, 5) is 26.0. The van der Waals surface area contributed by atoms with Gasteiger partial charge in [0.25, 0.3) is 5.91 Å². The number of carbonyl (C=O) groups is 2. The zero-order valence-corrected chi connectivity index (χ0v) is 17.8. The molecule has 5 rings (SSSR count). The Hall–Kier alpha value is -3.87. The first kappa shape index (κ1) is 20.1. The van der Waals surface area contributed by atoms with Gasteiger partial charge in [-0.15, -0.1) is 0 Å². The lowest BCUT2D eigenvalue weighted by Gasteiger charge is -2.33. The van der Waals surface area contributed by atoms with Gasteiger partial charge >= 0.3 is 0 Å². The lowest BCUT2D eigenvalue weighted by molar-refractivity contribution is -0.116. The number of amides is 1. The van der Waals surface area contributed by atoms with Gasteiger partial charge in [-0.25, -0.2) is 4.68 Å². The number of ketones is 1. The van der Waals surface area contributed by atoms with Crippen LogP contribution >= 0.6 is 0 Å². The zero-order chi connectivity index (χ0) is 22.1. The molecule has 7 nitrogen and oxygen atoms in total. The summed E-state index contributed by atoms with van der Waals surface area (Å²) < 4.78 is 7.21. The third-order valence-corrected chi connectivity index (χ3v) is 5.82. The first-order valence-electron chi connectivity index (χ1n) is 10.9. The van der Waals surface area contributed by atoms with Crippen LogP contribution in [0.25, 0.3) is 0 Å². The maximum absolute atomic E-state index is 13.1. The van der Waals surface area contributed by atoms with E-state index in [2.05, 4.69) is 15.7 Å². The molecule has 162 valence electrons. The quantitative estimate of drug-likeness (QED) is 0.622. The van der Waals surface area contributed by atoms with E-state index in [1.165, 1.54) is 0 Å². The van der Waals surface area contributed by atoms with E-state index in [1.54, 1.807) is 23.0 Å². The highest BCUT2D eigenvalue weighted by atomic mass is 16.5. The van der Waals surface area contributed by atoms with Crippen LogP contribution in [0.2, 0.25) is 0 Å². The van der Waals surface area contributed by atoms with Crippen molar-refractivity contribution in [1.29, 1.82) is 0 Å². The molecule has 1 aliphatic carbocycles. The monoisotopic (exact) mass is 428 g/mol. The van der Waals surface area contributed by atoms with Crippen LogP contribution in [-0.4, -0.2) is 28.1 Å². The third kappa shape index (κ3) is 3.56. The molecule has 3 aromatic rings. The van der Waals surface area contributed by atoms with Gasteiger partial charge in [-0.1, -0.05) is 30.3 Å². The SMILES string of the molecule is CCOc1ccc(NC(=O)c2cnn3c2NC2=C(C(=O)CCC2)[C@H]3c2ccccc2)cc1. The molecule has 1 amide bonds. The van der Waals surface area contributed by atoms with Crippen molar-refractivity contribution >= 4 is 23.2 Å². The standard InChI is InChI=1S/C25H24N4O3/c1-2-32-18-13-11-17(12-14-18)27-25(31)19-15-26-29-23(16-7-4-3-5-8-16)22-20(28-24(19)29)9-6-10-21(22)30/h3-5,7-8,11-15,23,28H,2,6,9-10H2,1H3,(H,27,31)/t23-/m1/s1. The molecule has 2 aliphatic rings. The molecule has 32 heavy (non-hydrogen) atoms. The molecule has 2 heterocycles. The lowest BCUT2D eigenvalue weighted by Crippen LogP contribution is -2.32. The Morgan fingerprint density at radius 2 is 1.94 bits per heavy atom. The number of hydrogen-bond acceptors (Lipinski definition) is 5. The van der Waals surface area contributed by atoms with E-state index in [9.17, 15) is 9.59 Å². The highest BCUT2D eigenvalue weighted by Gasteiger charge is 2.37. The minimum Gasteiger partial charge on any atom is -0.494 e. The molecule has 1 aliphatic heterocycles. The van der Waals surface area contributed by atoms with Gasteiger partial charge in [-0.3, -0.25) is 9.59 Å². The van der Waals surface area contributed by atoms with Crippen molar-refractivity contribution < 1.29 is 14.3 Å². The number of ether oxygens (including phenoxy) is 1. The largest absolute Gasteiger partial charge is 0.494 e. The van der Waals surface area contributed by atoms with E-state index >= 15 is 0 Å². The van der Waals surface area contributed by atoms with Crippen molar-refractivity contribution in [3.63, 3.8) is 0 Å². The number of nitrogens with zero attached hydrogens (tertiary/aromatic N) is 2. The Bertz CT molecular complexity index is 1200. The Morgan fingerprint density at radius 3 is 2.69 bits per heavy atom. The number of Topliss-reactive ketones (excluding diaryl/α,β-unsaturated/α-hetero) is 1. The van der Waals surface area contributed by atoms with Crippen molar-refractivity contribution in [1.82, 2.24) is 9.78 Å². The minimum absolute atomic E-state index is 0.133. The Morgan fingerprint density at radius 1 is 1.16 bits per heavy atom. The number of rotatable bonds is 5. The number of carbonyl (C=O) groups excluding carboxylic acids is 2. The number of fused-ring (bicyclic) bond motifs is 1. The normalized spacial score (nSPS) is 17.3. The van der Waals surface area contributed by atoms with Crippen molar-refractivity contribution in [3.05, 3.63) is 83.2 Å². The van der Waals surface area contributed by atoms with Crippen molar-refractivity contribution in [2.45, 2.75) is 32.2 Å². The molecule has 7 heteroatoms. The second-order valence-corrected chi connectivity index (χ2v) is 7.87. The Balaban J connectivity index is 1.49. The summed E-state index contributed by atoms with van der Waals surface area (Å²) in [6.45, 7) is 2.51. The molecule has 0 bridgehead atoms. The van der Waals surface area contributed by atoms with Gasteiger partial charge in [-0.05, 0) is 49.6 Å². The van der Waals surface area contributed by atoms with Crippen LogP contribution < -0.4 is 15.4 Å². The van der Waals surface area contributed by atoms with Crippen LogP contribution in [0.5, 0.6) is 5.75 Å². The van der Waals surface area contributed by atoms with Crippen LogP contribution in [0.15, 0.2) is 72.1 Å². The van der Waals surface area contributed by atoms with E-state index in [-0.39, 0.29) is 17.7 Å². The molecule has 2 aromatic carbocycles. The molecular weight excluding hydrogens is 404 g/mol. The van der Waals surface area contributed by atoms with Crippen molar-refractivity contribution in [2.24, 2.45) is 0 Å². The van der Waals surface area contributed by atoms with Crippen molar-refractivity contribution in [2.75, 3.05) is 17.2 Å². The lowest BCUT2D eigenvalue weighted by atomic mass is 9.85. The molecule has 0 unspecified atom stereocenters. The Labute approximate surface area is 186 Å². The summed E-state index contributed by atoms with van der Waals surface area (Å²) >= 11 is 0. The van der Waals surface area contributed by atoms with E-state index in [0.717, 1.165) is 35.4 Å². The fourth-order valence-corrected chi connectivity index (χ4v) is 4.37. The van der Waals surface area contributed by atoms with E-state index < -0.39 is 0 Å². The number of anilines is 2. The summed E-state index contributed by atoms with van der Waals surface area (Å²) in [5, 5.41) is 10.8. The van der Waals surface area contributed by atoms with Gasteiger partial charge in [0.05, 0.1) is 12.8 Å². The number of hydrogen-bond donors (Lipinski definition) is 2. The number of aromatic nitrogens is 2. The number of benzene rings is 2. The van der Waals surface area contributed by atoms with Gasteiger partial charge < -0.3 is 15.4 Å². The molecule has 0 saturated carbocycles. The van der Waals surface area contributed by atoms with E-state index in [0.29, 0.717) is 30.1 Å². The van der Waals surface area contributed by atoms with E-state index in [4.69, 9.17) is 4.74 Å². The van der Waals surface area contributed by atoms with E-state index in [1.807, 2.05) is 49.4 Å². The predicted octanol–water partition coefficient (Wildman–Crippen LogP) is 4.56. The van der Waals surface area contributed by atoms with Crippen LogP contribution in [0.4, 0.5) is 11.5 Å². The molecule has 1 aromatic heterocycles. The van der Waals surface area contributed by atoms with Gasteiger partial charge in [0.15, 0.2) is 5.78 Å².